The minimum absolute atomic E-state index is 0.00813. The largest absolute Gasteiger partial charge is 0.418 e. The molecule has 0 spiro atoms. The van der Waals surface area contributed by atoms with Crippen LogP contribution in [0.5, 0.6) is 0 Å². The van der Waals surface area contributed by atoms with E-state index in [-0.39, 0.29) is 6.54 Å². The first kappa shape index (κ1) is 21.0. The summed E-state index contributed by atoms with van der Waals surface area (Å²) in [7, 11) is 0. The van der Waals surface area contributed by atoms with E-state index in [0.717, 1.165) is 17.7 Å². The summed E-state index contributed by atoms with van der Waals surface area (Å²) >= 11 is 2.72. The van der Waals surface area contributed by atoms with Crippen LogP contribution in [0.2, 0.25) is 0 Å². The number of amides is 2. The van der Waals surface area contributed by atoms with Gasteiger partial charge < -0.3 is 15.7 Å². The van der Waals surface area contributed by atoms with Crippen molar-refractivity contribution in [1.29, 1.82) is 0 Å². The number of benzene rings is 1. The highest BCUT2D eigenvalue weighted by Crippen LogP contribution is 2.34. The van der Waals surface area contributed by atoms with E-state index < -0.39 is 35.3 Å². The SMILES string of the molecule is O=C(NCc1ccc(C(O)c2ccsc2)s1)C(=O)Nc1ccccc1C(F)(F)F. The molecule has 3 N–H and O–H groups in total. The monoisotopic (exact) mass is 440 g/mol. The lowest BCUT2D eigenvalue weighted by atomic mass is 10.1. The van der Waals surface area contributed by atoms with Crippen molar-refractivity contribution in [2.45, 2.75) is 18.8 Å². The number of rotatable bonds is 5. The van der Waals surface area contributed by atoms with Gasteiger partial charge in [0.25, 0.3) is 0 Å². The fraction of sp³-hybridized carbons (Fsp3) is 0.158. The second-order valence-corrected chi connectivity index (χ2v) is 7.92. The zero-order chi connectivity index (χ0) is 21.0. The number of nitrogens with one attached hydrogen (secondary N) is 2. The average molecular weight is 440 g/mol. The number of halogens is 3. The number of carbonyl (C=O) groups excluding carboxylic acids is 2. The van der Waals surface area contributed by atoms with E-state index in [1.807, 2.05) is 16.1 Å². The van der Waals surface area contributed by atoms with E-state index in [1.54, 1.807) is 18.2 Å². The number of para-hydroxylation sites is 1. The van der Waals surface area contributed by atoms with Gasteiger partial charge >= 0.3 is 18.0 Å². The Hall–Kier alpha value is -2.69. The number of carbonyl (C=O) groups is 2. The summed E-state index contributed by atoms with van der Waals surface area (Å²) < 4.78 is 38.9. The third-order valence-electron chi connectivity index (χ3n) is 3.92. The summed E-state index contributed by atoms with van der Waals surface area (Å²) in [5.41, 5.74) is -0.765. The second-order valence-electron chi connectivity index (χ2n) is 5.94. The Morgan fingerprint density at radius 2 is 1.83 bits per heavy atom. The molecule has 0 fully saturated rings. The smallest absolute Gasteiger partial charge is 0.383 e. The third kappa shape index (κ3) is 5.22. The van der Waals surface area contributed by atoms with Crippen molar-refractivity contribution >= 4 is 40.2 Å². The van der Waals surface area contributed by atoms with Crippen LogP contribution in [0, 0.1) is 0 Å². The van der Waals surface area contributed by atoms with Crippen LogP contribution in [0.4, 0.5) is 18.9 Å². The Bertz CT molecular complexity index is 1000. The molecule has 1 atom stereocenters. The predicted octanol–water partition coefficient (Wildman–Crippen LogP) is 4.17. The Kier molecular flexibility index (Phi) is 6.36. The number of anilines is 1. The van der Waals surface area contributed by atoms with Crippen molar-refractivity contribution in [2.24, 2.45) is 0 Å². The summed E-state index contributed by atoms with van der Waals surface area (Å²) in [6.07, 6.45) is -5.44. The molecular weight excluding hydrogens is 425 g/mol. The third-order valence-corrected chi connectivity index (χ3v) is 5.76. The molecule has 5 nitrogen and oxygen atoms in total. The highest BCUT2D eigenvalue weighted by atomic mass is 32.1. The Labute approximate surface area is 171 Å². The minimum Gasteiger partial charge on any atom is -0.383 e. The molecule has 29 heavy (non-hydrogen) atoms. The fourth-order valence-electron chi connectivity index (χ4n) is 2.50. The number of aliphatic hydroxyl groups excluding tert-OH is 1. The van der Waals surface area contributed by atoms with Gasteiger partial charge in [0.2, 0.25) is 0 Å². The first-order chi connectivity index (χ1) is 13.8. The molecule has 0 aliphatic rings. The van der Waals surface area contributed by atoms with Gasteiger partial charge in [-0.05, 0) is 46.7 Å². The molecule has 2 aromatic heterocycles. The minimum atomic E-state index is -4.66. The Balaban J connectivity index is 1.58. The first-order valence-corrected chi connectivity index (χ1v) is 10.1. The van der Waals surface area contributed by atoms with Gasteiger partial charge in [0.1, 0.15) is 6.10 Å². The van der Waals surface area contributed by atoms with Crippen molar-refractivity contribution in [1.82, 2.24) is 5.32 Å². The molecule has 0 aliphatic heterocycles. The molecule has 0 radical (unpaired) electrons. The highest BCUT2D eigenvalue weighted by Gasteiger charge is 2.34. The molecule has 0 saturated heterocycles. The van der Waals surface area contributed by atoms with Gasteiger partial charge in [-0.15, -0.1) is 11.3 Å². The van der Waals surface area contributed by atoms with Crippen LogP contribution < -0.4 is 10.6 Å². The van der Waals surface area contributed by atoms with Gasteiger partial charge in [0.15, 0.2) is 0 Å². The van der Waals surface area contributed by atoms with E-state index in [2.05, 4.69) is 5.32 Å². The summed E-state index contributed by atoms with van der Waals surface area (Å²) in [4.78, 5) is 25.3. The Morgan fingerprint density at radius 3 is 2.52 bits per heavy atom. The number of hydrogen-bond acceptors (Lipinski definition) is 5. The van der Waals surface area contributed by atoms with Gasteiger partial charge in [-0.1, -0.05) is 12.1 Å². The number of aliphatic hydroxyl groups is 1. The molecule has 2 heterocycles. The van der Waals surface area contributed by atoms with Crippen LogP contribution in [0.25, 0.3) is 0 Å². The molecular formula is C19H15F3N2O3S2. The van der Waals surface area contributed by atoms with Crippen LogP contribution in [-0.4, -0.2) is 16.9 Å². The lowest BCUT2D eigenvalue weighted by molar-refractivity contribution is -0.138. The zero-order valence-corrected chi connectivity index (χ0v) is 16.3. The summed E-state index contributed by atoms with van der Waals surface area (Å²) in [6.45, 7) is 0.00813. The van der Waals surface area contributed by atoms with E-state index in [4.69, 9.17) is 0 Å². The molecule has 1 aromatic carbocycles. The van der Waals surface area contributed by atoms with E-state index >= 15 is 0 Å². The van der Waals surface area contributed by atoms with Crippen LogP contribution in [0.1, 0.15) is 27.0 Å². The number of alkyl halides is 3. The molecule has 3 rings (SSSR count). The topological polar surface area (TPSA) is 78.4 Å². The number of thiophene rings is 2. The number of hydrogen-bond donors (Lipinski definition) is 3. The van der Waals surface area contributed by atoms with Gasteiger partial charge in [0, 0.05) is 9.75 Å². The Morgan fingerprint density at radius 1 is 1.07 bits per heavy atom. The van der Waals surface area contributed by atoms with Crippen molar-refractivity contribution in [3.63, 3.8) is 0 Å². The van der Waals surface area contributed by atoms with E-state index in [1.165, 1.54) is 34.8 Å². The maximum Gasteiger partial charge on any atom is 0.418 e. The predicted molar refractivity (Wildman–Crippen MR) is 105 cm³/mol. The van der Waals surface area contributed by atoms with Crippen LogP contribution in [-0.2, 0) is 22.3 Å². The standard InChI is InChI=1S/C19H15F3N2O3S2/c20-19(21,22)13-3-1-2-4-14(13)24-18(27)17(26)23-9-12-5-6-15(29-12)16(25)11-7-8-28-10-11/h1-8,10,16,25H,9H2,(H,23,26)(H,24,27). The molecule has 0 aliphatic carbocycles. The molecule has 2 amide bonds. The van der Waals surface area contributed by atoms with Gasteiger partial charge in [-0.2, -0.15) is 24.5 Å². The van der Waals surface area contributed by atoms with Crippen molar-refractivity contribution < 1.29 is 27.9 Å². The molecule has 10 heteroatoms. The summed E-state index contributed by atoms with van der Waals surface area (Å²) in [5, 5.41) is 18.3. The summed E-state index contributed by atoms with van der Waals surface area (Å²) in [6, 6.07) is 9.64. The molecule has 1 unspecified atom stereocenters. The quantitative estimate of drug-likeness (QED) is 0.521. The van der Waals surface area contributed by atoms with Gasteiger partial charge in [-0.25, -0.2) is 0 Å². The van der Waals surface area contributed by atoms with Crippen molar-refractivity contribution in [2.75, 3.05) is 5.32 Å². The maximum absolute atomic E-state index is 13.0. The molecule has 0 bridgehead atoms. The molecule has 3 aromatic rings. The van der Waals surface area contributed by atoms with Crippen molar-refractivity contribution in [3.8, 4) is 0 Å². The fourth-order valence-corrected chi connectivity index (χ4v) is 4.14. The van der Waals surface area contributed by atoms with Gasteiger partial charge in [-0.3, -0.25) is 9.59 Å². The zero-order valence-electron chi connectivity index (χ0n) is 14.7. The van der Waals surface area contributed by atoms with Crippen LogP contribution in [0.3, 0.4) is 0 Å². The lowest BCUT2D eigenvalue weighted by Crippen LogP contribution is -2.35. The maximum atomic E-state index is 13.0. The van der Waals surface area contributed by atoms with E-state index in [9.17, 15) is 27.9 Å². The van der Waals surface area contributed by atoms with Crippen LogP contribution >= 0.6 is 22.7 Å². The lowest BCUT2D eigenvalue weighted by Gasteiger charge is -2.13. The summed E-state index contributed by atoms with van der Waals surface area (Å²) in [5.74, 6) is -2.26. The van der Waals surface area contributed by atoms with Crippen molar-refractivity contribution in [3.05, 3.63) is 74.1 Å². The first-order valence-electron chi connectivity index (χ1n) is 8.30. The highest BCUT2D eigenvalue weighted by molar-refractivity contribution is 7.12. The van der Waals surface area contributed by atoms with Crippen LogP contribution in [0.15, 0.2) is 53.2 Å². The van der Waals surface area contributed by atoms with E-state index in [0.29, 0.717) is 9.75 Å². The molecule has 152 valence electrons. The average Bonchev–Trinajstić information content (AvgIpc) is 3.37. The van der Waals surface area contributed by atoms with Gasteiger partial charge in [0.05, 0.1) is 17.8 Å². The molecule has 0 saturated carbocycles. The second kappa shape index (κ2) is 8.76. The normalized spacial score (nSPS) is 12.4.